The molecule has 1 unspecified atom stereocenters. The molecule has 1 amide bonds. The number of hydrogen-bond acceptors (Lipinski definition) is 5. The Morgan fingerprint density at radius 3 is 2.81 bits per heavy atom. The third-order valence-corrected chi connectivity index (χ3v) is 5.82. The molecule has 1 atom stereocenters. The van der Waals surface area contributed by atoms with E-state index in [2.05, 4.69) is 10.2 Å². The van der Waals surface area contributed by atoms with Crippen LogP contribution >= 0.6 is 11.3 Å². The van der Waals surface area contributed by atoms with Gasteiger partial charge in [0.25, 0.3) is 5.91 Å². The van der Waals surface area contributed by atoms with Gasteiger partial charge in [-0.3, -0.25) is 4.79 Å². The number of hydrogen-bond donors (Lipinski definition) is 1. The maximum absolute atomic E-state index is 13.2. The number of carbonyl (C=O) groups excluding carboxylic acids is 1. The highest BCUT2D eigenvalue weighted by atomic mass is 32.1. The van der Waals surface area contributed by atoms with Gasteiger partial charge < -0.3 is 10.5 Å². The first kappa shape index (κ1) is 17.1. The Labute approximate surface area is 154 Å². The quantitative estimate of drug-likeness (QED) is 0.760. The lowest BCUT2D eigenvalue weighted by molar-refractivity contribution is 0.0547. The van der Waals surface area contributed by atoms with E-state index in [9.17, 15) is 9.18 Å². The van der Waals surface area contributed by atoms with Gasteiger partial charge in [-0.25, -0.2) is 4.39 Å². The lowest BCUT2D eigenvalue weighted by Crippen LogP contribution is -2.20. The Hall–Kier alpha value is -2.38. The van der Waals surface area contributed by atoms with Gasteiger partial charge in [0.1, 0.15) is 5.82 Å². The molecule has 0 spiro atoms. The van der Waals surface area contributed by atoms with Crippen molar-refractivity contribution in [2.45, 2.75) is 19.3 Å². The standard InChI is InChI=1S/C19H18FN3O2S/c20-13-5-3-12(4-6-13)16-9-14-15(8-11-2-1-7-25-10-11)22-23-17(19(21)24)18(14)26-16/h3-6,9,11H,1-2,7-8,10H2,(H2,21,24). The third kappa shape index (κ3) is 3.32. The van der Waals surface area contributed by atoms with Crippen LogP contribution < -0.4 is 5.73 Å². The predicted molar refractivity (Wildman–Crippen MR) is 98.6 cm³/mol. The number of rotatable bonds is 4. The molecule has 7 heteroatoms. The fourth-order valence-corrected chi connectivity index (χ4v) is 4.48. The molecule has 2 N–H and O–H groups in total. The average molecular weight is 371 g/mol. The number of benzene rings is 1. The number of thiophene rings is 1. The van der Waals surface area contributed by atoms with Gasteiger partial charge in [0.15, 0.2) is 5.69 Å². The van der Waals surface area contributed by atoms with Gasteiger partial charge in [0.2, 0.25) is 0 Å². The van der Waals surface area contributed by atoms with E-state index in [0.29, 0.717) is 5.92 Å². The number of amides is 1. The SMILES string of the molecule is NC(=O)c1nnc(CC2CCCOC2)c2cc(-c3ccc(F)cc3)sc12. The van der Waals surface area contributed by atoms with Crippen LogP contribution in [0.25, 0.3) is 20.5 Å². The maximum Gasteiger partial charge on any atom is 0.270 e. The average Bonchev–Trinajstić information content (AvgIpc) is 3.09. The van der Waals surface area contributed by atoms with Crippen LogP contribution in [-0.4, -0.2) is 29.3 Å². The highest BCUT2D eigenvalue weighted by molar-refractivity contribution is 7.22. The number of aromatic nitrogens is 2. The van der Waals surface area contributed by atoms with Crippen LogP contribution in [0, 0.1) is 11.7 Å². The van der Waals surface area contributed by atoms with E-state index in [-0.39, 0.29) is 11.5 Å². The van der Waals surface area contributed by atoms with Crippen molar-refractivity contribution in [2.75, 3.05) is 13.2 Å². The zero-order valence-electron chi connectivity index (χ0n) is 14.1. The monoisotopic (exact) mass is 371 g/mol. The van der Waals surface area contributed by atoms with Crippen molar-refractivity contribution >= 4 is 27.3 Å². The highest BCUT2D eigenvalue weighted by Crippen LogP contribution is 2.37. The van der Waals surface area contributed by atoms with Crippen LogP contribution in [0.5, 0.6) is 0 Å². The largest absolute Gasteiger partial charge is 0.381 e. The lowest BCUT2D eigenvalue weighted by Gasteiger charge is -2.21. The molecule has 4 rings (SSSR count). The minimum absolute atomic E-state index is 0.182. The van der Waals surface area contributed by atoms with Crippen LogP contribution in [-0.2, 0) is 11.2 Å². The van der Waals surface area contributed by atoms with Crippen molar-refractivity contribution in [2.24, 2.45) is 11.7 Å². The smallest absolute Gasteiger partial charge is 0.270 e. The number of primary amides is 1. The maximum atomic E-state index is 13.2. The normalized spacial score (nSPS) is 17.5. The molecule has 1 aromatic carbocycles. The van der Waals surface area contributed by atoms with E-state index in [1.165, 1.54) is 23.5 Å². The Morgan fingerprint density at radius 2 is 2.12 bits per heavy atom. The van der Waals surface area contributed by atoms with Crippen LogP contribution in [0.3, 0.4) is 0 Å². The predicted octanol–water partition coefficient (Wildman–Crippen LogP) is 3.57. The number of carbonyl (C=O) groups is 1. The van der Waals surface area contributed by atoms with Gasteiger partial charge in [-0.15, -0.1) is 16.4 Å². The van der Waals surface area contributed by atoms with Crippen molar-refractivity contribution < 1.29 is 13.9 Å². The molecule has 1 saturated heterocycles. The number of halogens is 1. The van der Waals surface area contributed by atoms with Crippen LogP contribution in [0.1, 0.15) is 29.0 Å². The molecule has 26 heavy (non-hydrogen) atoms. The molecule has 5 nitrogen and oxygen atoms in total. The number of nitrogens with zero attached hydrogens (tertiary/aromatic N) is 2. The summed E-state index contributed by atoms with van der Waals surface area (Å²) in [6, 6.07) is 8.28. The Morgan fingerprint density at radius 1 is 1.31 bits per heavy atom. The molecule has 2 aromatic heterocycles. The van der Waals surface area contributed by atoms with E-state index < -0.39 is 5.91 Å². The van der Waals surface area contributed by atoms with Crippen molar-refractivity contribution in [3.05, 3.63) is 47.5 Å². The van der Waals surface area contributed by atoms with E-state index in [0.717, 1.165) is 58.7 Å². The molecule has 0 bridgehead atoms. The highest BCUT2D eigenvalue weighted by Gasteiger charge is 2.21. The van der Waals surface area contributed by atoms with Crippen molar-refractivity contribution in [3.63, 3.8) is 0 Å². The van der Waals surface area contributed by atoms with Gasteiger partial charge in [-0.2, -0.15) is 5.10 Å². The zero-order chi connectivity index (χ0) is 18.1. The zero-order valence-corrected chi connectivity index (χ0v) is 14.9. The van der Waals surface area contributed by atoms with Gasteiger partial charge >= 0.3 is 0 Å². The molecule has 1 fully saturated rings. The van der Waals surface area contributed by atoms with Gasteiger partial charge in [0, 0.05) is 23.5 Å². The summed E-state index contributed by atoms with van der Waals surface area (Å²) in [5, 5.41) is 9.25. The van der Waals surface area contributed by atoms with Crippen molar-refractivity contribution in [3.8, 4) is 10.4 Å². The molecule has 1 aliphatic heterocycles. The summed E-state index contributed by atoms with van der Waals surface area (Å²) in [6.45, 7) is 1.53. The third-order valence-electron chi connectivity index (χ3n) is 4.63. The van der Waals surface area contributed by atoms with E-state index in [1.54, 1.807) is 12.1 Å². The molecule has 0 aliphatic carbocycles. The summed E-state index contributed by atoms with van der Waals surface area (Å²) in [6.07, 6.45) is 2.89. The summed E-state index contributed by atoms with van der Waals surface area (Å²) in [5.74, 6) is -0.480. The molecular weight excluding hydrogens is 353 g/mol. The second-order valence-corrected chi connectivity index (χ2v) is 7.56. The first-order valence-corrected chi connectivity index (χ1v) is 9.36. The van der Waals surface area contributed by atoms with E-state index >= 15 is 0 Å². The van der Waals surface area contributed by atoms with Crippen LogP contribution in [0.2, 0.25) is 0 Å². The minimum atomic E-state index is -0.595. The molecular formula is C19H18FN3O2S. The molecule has 0 radical (unpaired) electrons. The van der Waals surface area contributed by atoms with Crippen molar-refractivity contribution in [1.29, 1.82) is 0 Å². The minimum Gasteiger partial charge on any atom is -0.381 e. The molecule has 0 saturated carbocycles. The molecule has 1 aliphatic rings. The van der Waals surface area contributed by atoms with Crippen LogP contribution in [0.15, 0.2) is 30.3 Å². The lowest BCUT2D eigenvalue weighted by atomic mass is 9.95. The Balaban J connectivity index is 1.78. The van der Waals surface area contributed by atoms with Gasteiger partial charge in [0.05, 0.1) is 10.4 Å². The molecule has 3 heterocycles. The summed E-state index contributed by atoms with van der Waals surface area (Å²) in [7, 11) is 0. The summed E-state index contributed by atoms with van der Waals surface area (Å²) >= 11 is 1.43. The first-order valence-electron chi connectivity index (χ1n) is 8.54. The molecule has 3 aromatic rings. The number of nitrogens with two attached hydrogens (primary N) is 1. The second kappa shape index (κ2) is 7.09. The Kier molecular flexibility index (Phi) is 4.65. The van der Waals surface area contributed by atoms with E-state index in [4.69, 9.17) is 10.5 Å². The fourth-order valence-electron chi connectivity index (χ4n) is 3.30. The molecule has 134 valence electrons. The van der Waals surface area contributed by atoms with Crippen LogP contribution in [0.4, 0.5) is 4.39 Å². The summed E-state index contributed by atoms with van der Waals surface area (Å²) < 4.78 is 19.5. The second-order valence-electron chi connectivity index (χ2n) is 6.51. The van der Waals surface area contributed by atoms with Crippen molar-refractivity contribution in [1.82, 2.24) is 10.2 Å². The topological polar surface area (TPSA) is 78.1 Å². The first-order chi connectivity index (χ1) is 12.6. The Bertz CT molecular complexity index is 949. The number of fused-ring (bicyclic) bond motifs is 1. The number of ether oxygens (including phenoxy) is 1. The van der Waals surface area contributed by atoms with E-state index in [1.807, 2.05) is 6.07 Å². The van der Waals surface area contributed by atoms with Gasteiger partial charge in [-0.1, -0.05) is 12.1 Å². The summed E-state index contributed by atoms with van der Waals surface area (Å²) in [4.78, 5) is 12.7. The summed E-state index contributed by atoms with van der Waals surface area (Å²) in [5.41, 5.74) is 7.40. The fraction of sp³-hybridized carbons (Fsp3) is 0.316. The van der Waals surface area contributed by atoms with Gasteiger partial charge in [-0.05, 0) is 48.9 Å².